The third-order valence-corrected chi connectivity index (χ3v) is 2.46. The van der Waals surface area contributed by atoms with Crippen LogP contribution in [0.4, 0.5) is 11.4 Å². The fraction of sp³-hybridized carbons (Fsp3) is 0.0769. The van der Waals surface area contributed by atoms with E-state index in [9.17, 15) is 4.79 Å². The third kappa shape index (κ3) is 2.83. The molecule has 0 spiro atoms. The van der Waals surface area contributed by atoms with E-state index in [1.165, 1.54) is 0 Å². The van der Waals surface area contributed by atoms with Crippen LogP contribution < -0.4 is 16.8 Å². The Hall–Kier alpha value is -2.40. The van der Waals surface area contributed by atoms with E-state index in [-0.39, 0.29) is 5.91 Å². The number of hydrogen-bond acceptors (Lipinski definition) is 4. The lowest BCUT2D eigenvalue weighted by atomic mass is 10.2. The second-order valence-electron chi connectivity index (χ2n) is 3.82. The highest BCUT2D eigenvalue weighted by atomic mass is 16.1. The number of amides is 1. The molecule has 0 bridgehead atoms. The van der Waals surface area contributed by atoms with E-state index in [0.29, 0.717) is 29.2 Å². The summed E-state index contributed by atoms with van der Waals surface area (Å²) in [6, 6.07) is 10.3. The van der Waals surface area contributed by atoms with Crippen molar-refractivity contribution in [2.75, 3.05) is 11.1 Å². The molecule has 1 amide bonds. The molecule has 2 aromatic rings. The van der Waals surface area contributed by atoms with Crippen molar-refractivity contribution < 1.29 is 4.79 Å². The molecule has 1 aromatic carbocycles. The molecule has 0 atom stereocenters. The van der Waals surface area contributed by atoms with Gasteiger partial charge >= 0.3 is 0 Å². The van der Waals surface area contributed by atoms with E-state index in [2.05, 4.69) is 10.3 Å². The van der Waals surface area contributed by atoms with E-state index in [0.717, 1.165) is 0 Å². The molecule has 0 radical (unpaired) electrons. The normalized spacial score (nSPS) is 10.1. The van der Waals surface area contributed by atoms with Crippen molar-refractivity contribution >= 4 is 17.3 Å². The van der Waals surface area contributed by atoms with Crippen LogP contribution in [-0.4, -0.2) is 10.9 Å². The van der Waals surface area contributed by atoms with E-state index < -0.39 is 0 Å². The van der Waals surface area contributed by atoms with Gasteiger partial charge in [-0.05, 0) is 36.4 Å². The Balaban J connectivity index is 2.14. The van der Waals surface area contributed by atoms with Gasteiger partial charge in [0.15, 0.2) is 0 Å². The molecule has 2 rings (SSSR count). The Morgan fingerprint density at radius 2 is 1.94 bits per heavy atom. The first-order chi connectivity index (χ1) is 8.69. The van der Waals surface area contributed by atoms with Crippen LogP contribution in [0.5, 0.6) is 0 Å². The van der Waals surface area contributed by atoms with E-state index in [4.69, 9.17) is 11.5 Å². The summed E-state index contributed by atoms with van der Waals surface area (Å²) in [4.78, 5) is 16.0. The molecule has 5 nitrogen and oxygen atoms in total. The highest BCUT2D eigenvalue weighted by molar-refractivity contribution is 6.04. The molecule has 5 heteroatoms. The summed E-state index contributed by atoms with van der Waals surface area (Å²) in [5.41, 5.74) is 13.6. The molecule has 92 valence electrons. The van der Waals surface area contributed by atoms with Crippen LogP contribution >= 0.6 is 0 Å². The second kappa shape index (κ2) is 5.29. The summed E-state index contributed by atoms with van der Waals surface area (Å²) in [5.74, 6) is -0.197. The van der Waals surface area contributed by atoms with Crippen LogP contribution in [0.1, 0.15) is 16.1 Å². The van der Waals surface area contributed by atoms with Gasteiger partial charge < -0.3 is 16.8 Å². The van der Waals surface area contributed by atoms with Gasteiger partial charge in [0.2, 0.25) is 0 Å². The van der Waals surface area contributed by atoms with Crippen LogP contribution in [-0.2, 0) is 6.54 Å². The number of benzene rings is 1. The molecular formula is C13H14N4O. The lowest BCUT2D eigenvalue weighted by Crippen LogP contribution is -2.13. The smallest absolute Gasteiger partial charge is 0.255 e. The number of anilines is 2. The Bertz CT molecular complexity index is 551. The number of hydrogen-bond donors (Lipinski definition) is 3. The van der Waals surface area contributed by atoms with Gasteiger partial charge in [0.1, 0.15) is 0 Å². The minimum atomic E-state index is -0.197. The summed E-state index contributed by atoms with van der Waals surface area (Å²) < 4.78 is 0. The monoisotopic (exact) mass is 242 g/mol. The molecular weight excluding hydrogens is 228 g/mol. The van der Waals surface area contributed by atoms with Crippen LogP contribution in [0.3, 0.4) is 0 Å². The topological polar surface area (TPSA) is 94.0 Å². The Kier molecular flexibility index (Phi) is 3.54. The zero-order chi connectivity index (χ0) is 13.0. The third-order valence-electron chi connectivity index (χ3n) is 2.46. The van der Waals surface area contributed by atoms with Crippen molar-refractivity contribution in [3.05, 3.63) is 53.9 Å². The van der Waals surface area contributed by atoms with Crippen LogP contribution in [0, 0.1) is 0 Å². The Labute approximate surface area is 105 Å². The number of nitrogens with zero attached hydrogens (tertiary/aromatic N) is 1. The van der Waals surface area contributed by atoms with E-state index in [1.807, 2.05) is 0 Å². The van der Waals surface area contributed by atoms with Crippen molar-refractivity contribution in [2.24, 2.45) is 5.73 Å². The van der Waals surface area contributed by atoms with Crippen molar-refractivity contribution in [1.29, 1.82) is 0 Å². The highest BCUT2D eigenvalue weighted by Crippen LogP contribution is 2.12. The van der Waals surface area contributed by atoms with Crippen LogP contribution in [0.2, 0.25) is 0 Å². The molecule has 18 heavy (non-hydrogen) atoms. The molecule has 0 saturated carbocycles. The standard InChI is InChI=1S/C13H14N4O/c14-8-12-7-9(5-6-16-12)13(18)17-11-3-1-10(15)2-4-11/h1-7H,8,14-15H2,(H,17,18). The van der Waals surface area contributed by atoms with Gasteiger partial charge in [0.25, 0.3) is 5.91 Å². The first-order valence-corrected chi connectivity index (χ1v) is 5.51. The summed E-state index contributed by atoms with van der Waals surface area (Å²) in [6.07, 6.45) is 1.57. The largest absolute Gasteiger partial charge is 0.399 e. The predicted molar refractivity (Wildman–Crippen MR) is 70.9 cm³/mol. The van der Waals surface area contributed by atoms with Crippen molar-refractivity contribution in [2.45, 2.75) is 6.54 Å². The first-order valence-electron chi connectivity index (χ1n) is 5.51. The Morgan fingerprint density at radius 3 is 2.61 bits per heavy atom. The maximum absolute atomic E-state index is 12.0. The maximum atomic E-state index is 12.0. The number of nitrogens with one attached hydrogen (secondary N) is 1. The van der Waals surface area contributed by atoms with Gasteiger partial charge in [-0.2, -0.15) is 0 Å². The molecule has 0 aliphatic rings. The minimum Gasteiger partial charge on any atom is -0.399 e. The zero-order valence-corrected chi connectivity index (χ0v) is 9.76. The second-order valence-corrected chi connectivity index (χ2v) is 3.82. The fourth-order valence-electron chi connectivity index (χ4n) is 1.50. The quantitative estimate of drug-likeness (QED) is 0.708. The molecule has 0 saturated heterocycles. The molecule has 0 unspecified atom stereocenters. The number of carbonyl (C=O) groups is 1. The van der Waals surface area contributed by atoms with Crippen molar-refractivity contribution in [3.63, 3.8) is 0 Å². The van der Waals surface area contributed by atoms with E-state index in [1.54, 1.807) is 42.6 Å². The van der Waals surface area contributed by atoms with Gasteiger partial charge in [-0.15, -0.1) is 0 Å². The number of aromatic nitrogens is 1. The minimum absolute atomic E-state index is 0.197. The average molecular weight is 242 g/mol. The number of carbonyl (C=O) groups excluding carboxylic acids is 1. The van der Waals surface area contributed by atoms with Crippen molar-refractivity contribution in [1.82, 2.24) is 4.98 Å². The molecule has 0 aliphatic carbocycles. The maximum Gasteiger partial charge on any atom is 0.255 e. The van der Waals surface area contributed by atoms with Gasteiger partial charge in [0.05, 0.1) is 5.69 Å². The molecule has 5 N–H and O–H groups in total. The lowest BCUT2D eigenvalue weighted by Gasteiger charge is -2.06. The molecule has 1 aromatic heterocycles. The summed E-state index contributed by atoms with van der Waals surface area (Å²) in [7, 11) is 0. The lowest BCUT2D eigenvalue weighted by molar-refractivity contribution is 0.102. The number of nitrogens with two attached hydrogens (primary N) is 2. The summed E-state index contributed by atoms with van der Waals surface area (Å²) >= 11 is 0. The van der Waals surface area contributed by atoms with Gasteiger partial charge in [-0.3, -0.25) is 9.78 Å². The van der Waals surface area contributed by atoms with Crippen molar-refractivity contribution in [3.8, 4) is 0 Å². The first kappa shape index (κ1) is 12.1. The highest BCUT2D eigenvalue weighted by Gasteiger charge is 2.06. The Morgan fingerprint density at radius 1 is 1.22 bits per heavy atom. The number of pyridine rings is 1. The number of nitrogen functional groups attached to an aromatic ring is 1. The molecule has 0 aliphatic heterocycles. The SMILES string of the molecule is NCc1cc(C(=O)Nc2ccc(N)cc2)ccn1. The fourth-order valence-corrected chi connectivity index (χ4v) is 1.50. The summed E-state index contributed by atoms with van der Waals surface area (Å²) in [5, 5.41) is 2.77. The van der Waals surface area contributed by atoms with Crippen LogP contribution in [0.15, 0.2) is 42.6 Å². The number of rotatable bonds is 3. The molecule has 0 fully saturated rings. The average Bonchev–Trinajstić information content (AvgIpc) is 2.41. The van der Waals surface area contributed by atoms with Gasteiger partial charge in [0, 0.05) is 29.7 Å². The van der Waals surface area contributed by atoms with Gasteiger partial charge in [-0.1, -0.05) is 0 Å². The zero-order valence-electron chi connectivity index (χ0n) is 9.76. The predicted octanol–water partition coefficient (Wildman–Crippen LogP) is 1.37. The van der Waals surface area contributed by atoms with Gasteiger partial charge in [-0.25, -0.2) is 0 Å². The summed E-state index contributed by atoms with van der Waals surface area (Å²) in [6.45, 7) is 0.309. The van der Waals surface area contributed by atoms with Crippen LogP contribution in [0.25, 0.3) is 0 Å². The van der Waals surface area contributed by atoms with E-state index >= 15 is 0 Å². The molecule has 1 heterocycles.